The fraction of sp³-hybridized carbons (Fsp3) is 0.0714. The van der Waals surface area contributed by atoms with Gasteiger partial charge >= 0.3 is 0 Å². The average Bonchev–Trinajstić information content (AvgIpc) is 2.35. The number of Topliss-reactive ketones (excluding diaryl/α,β-unsaturated/α-hetero) is 1. The van der Waals surface area contributed by atoms with E-state index < -0.39 is 0 Å². The van der Waals surface area contributed by atoms with Gasteiger partial charge in [0.2, 0.25) is 0 Å². The predicted octanol–water partition coefficient (Wildman–Crippen LogP) is 2.99. The van der Waals surface area contributed by atoms with Crippen LogP contribution in [0.4, 0.5) is 0 Å². The Morgan fingerprint density at radius 3 is 2.65 bits per heavy atom. The molecule has 2 aromatic heterocycles. The summed E-state index contributed by atoms with van der Waals surface area (Å²) in [6.07, 6.45) is 1.77. The number of benzene rings is 1. The normalized spacial score (nSPS) is 10.9. The van der Waals surface area contributed by atoms with Gasteiger partial charge in [0.15, 0.2) is 5.78 Å². The number of nitrogens with zero attached hydrogens (tertiary/aromatic N) is 2. The van der Waals surface area contributed by atoms with Crippen molar-refractivity contribution >= 4 is 27.6 Å². The van der Waals surface area contributed by atoms with Crippen LogP contribution in [-0.2, 0) is 0 Å². The standard InChI is InChI=1S/C14H10N2O/c1-9(17)12-5-4-11-7-13-10(3-2-6-15-13)8-14(11)16-12/h2-8H,1H3. The van der Waals surface area contributed by atoms with Gasteiger partial charge in [-0.15, -0.1) is 0 Å². The minimum absolute atomic E-state index is 0.0156. The maximum absolute atomic E-state index is 11.3. The summed E-state index contributed by atoms with van der Waals surface area (Å²) in [7, 11) is 0. The summed E-state index contributed by atoms with van der Waals surface area (Å²) in [4.78, 5) is 19.9. The third-order valence-electron chi connectivity index (χ3n) is 2.77. The number of aromatic nitrogens is 2. The first-order valence-corrected chi connectivity index (χ1v) is 5.40. The maximum atomic E-state index is 11.3. The largest absolute Gasteiger partial charge is 0.293 e. The van der Waals surface area contributed by atoms with Crippen LogP contribution in [0.15, 0.2) is 42.6 Å². The minimum Gasteiger partial charge on any atom is -0.293 e. The molecule has 0 bridgehead atoms. The van der Waals surface area contributed by atoms with E-state index in [1.165, 1.54) is 6.92 Å². The molecule has 0 aliphatic rings. The van der Waals surface area contributed by atoms with E-state index in [0.717, 1.165) is 21.8 Å². The van der Waals surface area contributed by atoms with Crippen molar-refractivity contribution in [2.24, 2.45) is 0 Å². The number of carbonyl (C=O) groups is 1. The summed E-state index contributed by atoms with van der Waals surface area (Å²) >= 11 is 0. The molecule has 3 heteroatoms. The van der Waals surface area contributed by atoms with E-state index in [1.54, 1.807) is 12.3 Å². The zero-order valence-electron chi connectivity index (χ0n) is 9.34. The zero-order valence-corrected chi connectivity index (χ0v) is 9.34. The molecule has 82 valence electrons. The lowest BCUT2D eigenvalue weighted by Gasteiger charge is -2.02. The Bertz CT molecular complexity index is 734. The summed E-state index contributed by atoms with van der Waals surface area (Å²) in [6, 6.07) is 11.5. The molecule has 0 aliphatic carbocycles. The van der Waals surface area contributed by atoms with Crippen molar-refractivity contribution in [2.75, 3.05) is 0 Å². The number of hydrogen-bond donors (Lipinski definition) is 0. The second-order valence-corrected chi connectivity index (χ2v) is 3.99. The van der Waals surface area contributed by atoms with E-state index in [9.17, 15) is 4.79 Å². The van der Waals surface area contributed by atoms with Gasteiger partial charge in [-0.25, -0.2) is 4.98 Å². The smallest absolute Gasteiger partial charge is 0.178 e. The van der Waals surface area contributed by atoms with Crippen molar-refractivity contribution in [3.05, 3.63) is 48.3 Å². The van der Waals surface area contributed by atoms with Crippen molar-refractivity contribution in [3.63, 3.8) is 0 Å². The summed E-state index contributed by atoms with van der Waals surface area (Å²) in [5.41, 5.74) is 2.27. The molecule has 0 saturated carbocycles. The Morgan fingerprint density at radius 2 is 1.82 bits per heavy atom. The number of pyridine rings is 2. The lowest BCUT2D eigenvalue weighted by Crippen LogP contribution is -1.96. The first-order chi connectivity index (χ1) is 8.24. The third kappa shape index (κ3) is 1.65. The first kappa shape index (κ1) is 9.90. The topological polar surface area (TPSA) is 42.9 Å². The molecule has 3 nitrogen and oxygen atoms in total. The van der Waals surface area contributed by atoms with E-state index in [0.29, 0.717) is 5.69 Å². The number of fused-ring (bicyclic) bond motifs is 2. The van der Waals surface area contributed by atoms with Gasteiger partial charge in [0, 0.05) is 23.9 Å². The highest BCUT2D eigenvalue weighted by Crippen LogP contribution is 2.20. The van der Waals surface area contributed by atoms with Crippen LogP contribution in [0, 0.1) is 0 Å². The van der Waals surface area contributed by atoms with Crippen LogP contribution in [0.5, 0.6) is 0 Å². The van der Waals surface area contributed by atoms with E-state index >= 15 is 0 Å². The molecule has 3 aromatic rings. The van der Waals surface area contributed by atoms with E-state index in [-0.39, 0.29) is 5.78 Å². The van der Waals surface area contributed by atoms with Crippen LogP contribution >= 0.6 is 0 Å². The van der Waals surface area contributed by atoms with Gasteiger partial charge in [0.1, 0.15) is 5.69 Å². The van der Waals surface area contributed by atoms with Crippen LogP contribution in [0.2, 0.25) is 0 Å². The molecular weight excluding hydrogens is 212 g/mol. The molecule has 17 heavy (non-hydrogen) atoms. The van der Waals surface area contributed by atoms with Gasteiger partial charge in [-0.3, -0.25) is 9.78 Å². The summed E-state index contributed by atoms with van der Waals surface area (Å²) < 4.78 is 0. The first-order valence-electron chi connectivity index (χ1n) is 5.40. The Kier molecular flexibility index (Phi) is 2.11. The molecule has 1 aromatic carbocycles. The fourth-order valence-electron chi connectivity index (χ4n) is 1.89. The molecule has 0 unspecified atom stereocenters. The van der Waals surface area contributed by atoms with Crippen molar-refractivity contribution in [3.8, 4) is 0 Å². The SMILES string of the molecule is CC(=O)c1ccc2cc3ncccc3cc2n1. The van der Waals surface area contributed by atoms with E-state index in [4.69, 9.17) is 0 Å². The Labute approximate surface area is 98.1 Å². The van der Waals surface area contributed by atoms with E-state index in [2.05, 4.69) is 9.97 Å². The molecule has 0 spiro atoms. The summed E-state index contributed by atoms with van der Waals surface area (Å²) in [5.74, 6) is -0.0156. The van der Waals surface area contributed by atoms with Crippen LogP contribution in [-0.4, -0.2) is 15.8 Å². The average molecular weight is 222 g/mol. The van der Waals surface area contributed by atoms with Gasteiger partial charge in [-0.05, 0) is 24.3 Å². The zero-order chi connectivity index (χ0) is 11.8. The van der Waals surface area contributed by atoms with Gasteiger partial charge in [-0.1, -0.05) is 12.1 Å². The minimum atomic E-state index is -0.0156. The van der Waals surface area contributed by atoms with Crippen molar-refractivity contribution in [2.45, 2.75) is 6.92 Å². The highest BCUT2D eigenvalue weighted by Gasteiger charge is 2.04. The Balaban J connectivity index is 2.36. The molecule has 0 amide bonds. The lowest BCUT2D eigenvalue weighted by molar-refractivity contribution is 0.101. The second-order valence-electron chi connectivity index (χ2n) is 3.99. The molecular formula is C14H10N2O. The predicted molar refractivity (Wildman–Crippen MR) is 67.0 cm³/mol. The molecule has 0 radical (unpaired) electrons. The van der Waals surface area contributed by atoms with Crippen LogP contribution in [0.25, 0.3) is 21.8 Å². The van der Waals surface area contributed by atoms with Gasteiger partial charge in [0.05, 0.1) is 11.0 Å². The highest BCUT2D eigenvalue weighted by molar-refractivity contribution is 5.98. The van der Waals surface area contributed by atoms with Crippen molar-refractivity contribution < 1.29 is 4.79 Å². The lowest BCUT2D eigenvalue weighted by atomic mass is 10.1. The monoisotopic (exact) mass is 222 g/mol. The van der Waals surface area contributed by atoms with Crippen LogP contribution in [0.1, 0.15) is 17.4 Å². The Hall–Kier alpha value is -2.29. The molecule has 2 heterocycles. The van der Waals surface area contributed by atoms with Gasteiger partial charge < -0.3 is 0 Å². The van der Waals surface area contributed by atoms with E-state index in [1.807, 2.05) is 30.3 Å². The van der Waals surface area contributed by atoms with Crippen molar-refractivity contribution in [1.29, 1.82) is 0 Å². The highest BCUT2D eigenvalue weighted by atomic mass is 16.1. The molecule has 0 saturated heterocycles. The van der Waals surface area contributed by atoms with Gasteiger partial charge in [0.25, 0.3) is 0 Å². The molecule has 0 fully saturated rings. The third-order valence-corrected chi connectivity index (χ3v) is 2.77. The number of hydrogen-bond acceptors (Lipinski definition) is 3. The molecule has 3 rings (SSSR count). The number of carbonyl (C=O) groups excluding carboxylic acids is 1. The Morgan fingerprint density at radius 1 is 1.06 bits per heavy atom. The van der Waals surface area contributed by atoms with Crippen LogP contribution in [0.3, 0.4) is 0 Å². The second kappa shape index (κ2) is 3.63. The summed E-state index contributed by atoms with van der Waals surface area (Å²) in [5, 5.41) is 2.04. The van der Waals surface area contributed by atoms with Gasteiger partial charge in [-0.2, -0.15) is 0 Å². The fourth-order valence-corrected chi connectivity index (χ4v) is 1.89. The molecule has 0 N–H and O–H groups in total. The molecule has 0 atom stereocenters. The quantitative estimate of drug-likeness (QED) is 0.469. The molecule has 0 aliphatic heterocycles. The van der Waals surface area contributed by atoms with Crippen LogP contribution < -0.4 is 0 Å². The van der Waals surface area contributed by atoms with Crippen molar-refractivity contribution in [1.82, 2.24) is 9.97 Å². The maximum Gasteiger partial charge on any atom is 0.178 e. The number of rotatable bonds is 1. The number of ketones is 1. The summed E-state index contributed by atoms with van der Waals surface area (Å²) in [6.45, 7) is 1.52.